The Morgan fingerprint density at radius 1 is 1.29 bits per heavy atom. The quantitative estimate of drug-likeness (QED) is 0.842. The van der Waals surface area contributed by atoms with Gasteiger partial charge in [0.15, 0.2) is 0 Å². The molecule has 0 heterocycles. The highest BCUT2D eigenvalue weighted by atomic mass is 32.2. The molecule has 0 aromatic heterocycles. The Hall–Kier alpha value is -0.670. The molecule has 1 aromatic carbocycles. The molecule has 1 aromatic rings. The normalized spacial score (nSPS) is 14.4. The Morgan fingerprint density at radius 2 is 1.88 bits per heavy atom. The molecule has 0 aliphatic rings. The first-order chi connectivity index (χ1) is 8.10. The van der Waals surface area contributed by atoms with Crippen LogP contribution in [-0.4, -0.2) is 25.1 Å². The van der Waals surface area contributed by atoms with Gasteiger partial charge in [0.1, 0.15) is 0 Å². The molecule has 0 radical (unpaired) electrons. The van der Waals surface area contributed by atoms with Gasteiger partial charge in [-0.1, -0.05) is 19.1 Å². The van der Waals surface area contributed by atoms with Gasteiger partial charge in [-0.3, -0.25) is 0 Å². The first-order valence-electron chi connectivity index (χ1n) is 6.17. The van der Waals surface area contributed by atoms with E-state index in [4.69, 9.17) is 5.73 Å². The molecule has 0 aliphatic heterocycles. The van der Waals surface area contributed by atoms with E-state index in [1.807, 2.05) is 18.7 Å². The van der Waals surface area contributed by atoms with Crippen molar-refractivity contribution in [2.45, 2.75) is 32.4 Å². The molecule has 2 nitrogen and oxygen atoms in total. The molecule has 2 atom stereocenters. The Labute approximate surface area is 110 Å². The van der Waals surface area contributed by atoms with Crippen molar-refractivity contribution in [2.24, 2.45) is 5.73 Å². The Bertz CT molecular complexity index is 321. The number of thioether (sulfide) groups is 1. The maximum Gasteiger partial charge on any atom is 0.0374 e. The number of benzene rings is 1. The van der Waals surface area contributed by atoms with Crippen LogP contribution in [0.15, 0.2) is 24.3 Å². The molecule has 0 spiro atoms. The van der Waals surface area contributed by atoms with E-state index < -0.39 is 0 Å². The van der Waals surface area contributed by atoms with Crippen LogP contribution < -0.4 is 10.6 Å². The van der Waals surface area contributed by atoms with Crippen LogP contribution in [0.5, 0.6) is 0 Å². The average molecular weight is 252 g/mol. The second-order valence-corrected chi connectivity index (χ2v) is 5.42. The van der Waals surface area contributed by atoms with Crippen molar-refractivity contribution < 1.29 is 0 Å². The van der Waals surface area contributed by atoms with Crippen LogP contribution >= 0.6 is 11.8 Å². The first kappa shape index (κ1) is 14.4. The summed E-state index contributed by atoms with van der Waals surface area (Å²) >= 11 is 1.90. The monoisotopic (exact) mass is 252 g/mol. The van der Waals surface area contributed by atoms with Crippen LogP contribution in [0.4, 0.5) is 5.69 Å². The molecule has 17 heavy (non-hydrogen) atoms. The maximum absolute atomic E-state index is 5.86. The second kappa shape index (κ2) is 6.92. The summed E-state index contributed by atoms with van der Waals surface area (Å²) in [5.41, 5.74) is 8.32. The van der Waals surface area contributed by atoms with Crippen molar-refractivity contribution in [1.82, 2.24) is 0 Å². The van der Waals surface area contributed by atoms with Gasteiger partial charge in [0, 0.05) is 30.6 Å². The first-order valence-corrected chi connectivity index (χ1v) is 7.56. The van der Waals surface area contributed by atoms with Crippen molar-refractivity contribution in [2.75, 3.05) is 24.0 Å². The fourth-order valence-electron chi connectivity index (χ4n) is 1.92. The molecule has 96 valence electrons. The van der Waals surface area contributed by atoms with Crippen LogP contribution in [0.2, 0.25) is 0 Å². The molecular weight excluding hydrogens is 228 g/mol. The van der Waals surface area contributed by atoms with Gasteiger partial charge in [-0.15, -0.1) is 0 Å². The lowest BCUT2D eigenvalue weighted by Gasteiger charge is -2.29. The predicted molar refractivity (Wildman–Crippen MR) is 79.9 cm³/mol. The van der Waals surface area contributed by atoms with Crippen LogP contribution in [0.1, 0.15) is 31.9 Å². The SMILES string of the molecule is CCC(CSC)N(C)c1ccc([C@H](C)N)cc1. The fourth-order valence-corrected chi connectivity index (χ4v) is 2.76. The minimum absolute atomic E-state index is 0.113. The molecule has 0 amide bonds. The van der Waals surface area contributed by atoms with Crippen molar-refractivity contribution in [1.29, 1.82) is 0 Å². The molecule has 1 rings (SSSR count). The van der Waals surface area contributed by atoms with Gasteiger partial charge in [0.05, 0.1) is 0 Å². The van der Waals surface area contributed by atoms with Gasteiger partial charge in [-0.25, -0.2) is 0 Å². The minimum Gasteiger partial charge on any atom is -0.371 e. The van der Waals surface area contributed by atoms with Crippen LogP contribution in [0, 0.1) is 0 Å². The Morgan fingerprint density at radius 3 is 2.29 bits per heavy atom. The van der Waals surface area contributed by atoms with Crippen molar-refractivity contribution in [3.63, 3.8) is 0 Å². The van der Waals surface area contributed by atoms with E-state index in [9.17, 15) is 0 Å². The third kappa shape index (κ3) is 3.93. The van der Waals surface area contributed by atoms with Crippen LogP contribution in [0.25, 0.3) is 0 Å². The number of nitrogens with two attached hydrogens (primary N) is 1. The third-order valence-corrected chi connectivity index (χ3v) is 3.92. The lowest BCUT2D eigenvalue weighted by molar-refractivity contribution is 0.673. The molecule has 0 fully saturated rings. The average Bonchev–Trinajstić information content (AvgIpc) is 2.35. The van der Waals surface area contributed by atoms with E-state index >= 15 is 0 Å². The summed E-state index contributed by atoms with van der Waals surface area (Å²) in [7, 11) is 2.17. The van der Waals surface area contributed by atoms with Crippen molar-refractivity contribution in [3.8, 4) is 0 Å². The van der Waals surface area contributed by atoms with Gasteiger partial charge in [0.25, 0.3) is 0 Å². The molecule has 0 aliphatic carbocycles. The minimum atomic E-state index is 0.113. The number of hydrogen-bond donors (Lipinski definition) is 1. The molecule has 3 heteroatoms. The van der Waals surface area contributed by atoms with Gasteiger partial charge < -0.3 is 10.6 Å². The summed E-state index contributed by atoms with van der Waals surface area (Å²) in [6, 6.07) is 9.31. The zero-order chi connectivity index (χ0) is 12.8. The molecule has 0 bridgehead atoms. The van der Waals surface area contributed by atoms with Gasteiger partial charge in [-0.05, 0) is 37.3 Å². The van der Waals surface area contributed by atoms with E-state index in [0.29, 0.717) is 6.04 Å². The fraction of sp³-hybridized carbons (Fsp3) is 0.571. The van der Waals surface area contributed by atoms with Gasteiger partial charge in [-0.2, -0.15) is 11.8 Å². The number of nitrogens with zero attached hydrogens (tertiary/aromatic N) is 1. The largest absolute Gasteiger partial charge is 0.371 e. The van der Waals surface area contributed by atoms with Gasteiger partial charge in [0.2, 0.25) is 0 Å². The number of hydrogen-bond acceptors (Lipinski definition) is 3. The highest BCUT2D eigenvalue weighted by Crippen LogP contribution is 2.21. The summed E-state index contributed by atoms with van der Waals surface area (Å²) in [5, 5.41) is 0. The molecular formula is C14H24N2S. The molecule has 0 saturated carbocycles. The summed E-state index contributed by atoms with van der Waals surface area (Å²) in [6.07, 6.45) is 3.34. The topological polar surface area (TPSA) is 29.3 Å². The predicted octanol–water partition coefficient (Wildman–Crippen LogP) is 3.28. The Kier molecular flexibility index (Phi) is 5.86. The number of rotatable bonds is 6. The van der Waals surface area contributed by atoms with Crippen molar-refractivity contribution in [3.05, 3.63) is 29.8 Å². The lowest BCUT2D eigenvalue weighted by Crippen LogP contribution is -2.33. The summed E-state index contributed by atoms with van der Waals surface area (Å²) in [4.78, 5) is 2.36. The highest BCUT2D eigenvalue weighted by Gasteiger charge is 2.12. The van der Waals surface area contributed by atoms with E-state index in [0.717, 1.165) is 0 Å². The van der Waals surface area contributed by atoms with Crippen LogP contribution in [0.3, 0.4) is 0 Å². The van der Waals surface area contributed by atoms with Crippen LogP contribution in [-0.2, 0) is 0 Å². The van der Waals surface area contributed by atoms with Crippen molar-refractivity contribution >= 4 is 17.4 Å². The Balaban J connectivity index is 2.77. The second-order valence-electron chi connectivity index (χ2n) is 4.51. The highest BCUT2D eigenvalue weighted by molar-refractivity contribution is 7.98. The lowest BCUT2D eigenvalue weighted by atomic mass is 10.1. The maximum atomic E-state index is 5.86. The molecule has 0 saturated heterocycles. The van der Waals surface area contributed by atoms with E-state index in [2.05, 4.69) is 49.4 Å². The molecule has 1 unspecified atom stereocenters. The summed E-state index contributed by atoms with van der Waals surface area (Å²) < 4.78 is 0. The summed E-state index contributed by atoms with van der Waals surface area (Å²) in [6.45, 7) is 4.26. The summed E-state index contributed by atoms with van der Waals surface area (Å²) in [5.74, 6) is 1.17. The van der Waals surface area contributed by atoms with E-state index in [1.165, 1.54) is 23.4 Å². The van der Waals surface area contributed by atoms with Gasteiger partial charge >= 0.3 is 0 Å². The zero-order valence-electron chi connectivity index (χ0n) is 11.3. The molecule has 2 N–H and O–H groups in total. The zero-order valence-corrected chi connectivity index (χ0v) is 12.1. The van der Waals surface area contributed by atoms with E-state index in [-0.39, 0.29) is 6.04 Å². The number of anilines is 1. The third-order valence-electron chi connectivity index (χ3n) is 3.20. The van der Waals surface area contributed by atoms with E-state index in [1.54, 1.807) is 0 Å². The standard InChI is InChI=1S/C14H24N2S/c1-5-13(10-17-4)16(3)14-8-6-12(7-9-14)11(2)15/h6-9,11,13H,5,10,15H2,1-4H3/t11-,13?/m0/s1. The smallest absolute Gasteiger partial charge is 0.0374 e.